The Hall–Kier alpha value is -1.30. The lowest BCUT2D eigenvalue weighted by Crippen LogP contribution is -2.93. The number of anilines is 1. The zero-order chi connectivity index (χ0) is 14.4. The normalized spacial score (nSPS) is 11.9. The van der Waals surface area contributed by atoms with E-state index in [0.29, 0.717) is 22.3 Å². The number of hydrogen-bond acceptors (Lipinski definition) is 3. The van der Waals surface area contributed by atoms with Crippen molar-refractivity contribution in [3.63, 3.8) is 0 Å². The number of rotatable bonds is 6. The first-order chi connectivity index (χ1) is 8.93. The number of benzene rings is 1. The molecule has 1 rings (SSSR count). The van der Waals surface area contributed by atoms with E-state index in [0.717, 1.165) is 0 Å². The summed E-state index contributed by atoms with van der Waals surface area (Å²) in [5.74, 6) is -1.68. The smallest absolute Gasteiger partial charge is 0.230 e. The second-order valence-corrected chi connectivity index (χ2v) is 4.77. The van der Waals surface area contributed by atoms with Crippen LogP contribution in [0.5, 0.6) is 0 Å². The first kappa shape index (κ1) is 15.8. The van der Waals surface area contributed by atoms with E-state index < -0.39 is 17.9 Å². The van der Waals surface area contributed by atoms with Crippen molar-refractivity contribution < 1.29 is 20.0 Å². The average Bonchev–Trinajstić information content (AvgIpc) is 2.33. The molecule has 104 valence electrons. The number of carbonyl (C=O) groups excluding carboxylic acids is 2. The molecular formula is C12H14Cl2N2O3. The number of halogens is 2. The zero-order valence-electron chi connectivity index (χ0n) is 10.3. The average molecular weight is 305 g/mol. The number of carboxylic acid groups (broad SMARTS) is 1. The molecule has 0 aromatic heterocycles. The molecular weight excluding hydrogens is 291 g/mol. The van der Waals surface area contributed by atoms with Gasteiger partial charge >= 0.3 is 0 Å². The molecule has 1 amide bonds. The van der Waals surface area contributed by atoms with Gasteiger partial charge in [-0.2, -0.15) is 0 Å². The maximum atomic E-state index is 11.7. The number of nitrogens with two attached hydrogens (primary N) is 1. The molecule has 0 aliphatic carbocycles. The second kappa shape index (κ2) is 7.33. The van der Waals surface area contributed by atoms with Crippen LogP contribution in [0.25, 0.3) is 0 Å². The van der Waals surface area contributed by atoms with Crippen LogP contribution in [0.15, 0.2) is 18.2 Å². The summed E-state index contributed by atoms with van der Waals surface area (Å²) < 4.78 is 0. The molecule has 1 atom stereocenters. The van der Waals surface area contributed by atoms with E-state index in [1.165, 1.54) is 11.4 Å². The van der Waals surface area contributed by atoms with E-state index in [1.807, 2.05) is 0 Å². The van der Waals surface area contributed by atoms with Crippen molar-refractivity contribution in [2.24, 2.45) is 0 Å². The van der Waals surface area contributed by atoms with E-state index in [9.17, 15) is 14.7 Å². The number of hydrogen-bond donors (Lipinski definition) is 2. The Bertz CT molecular complexity index is 480. The van der Waals surface area contributed by atoms with Crippen LogP contribution in [-0.4, -0.2) is 24.5 Å². The molecule has 1 aromatic rings. The Balaban J connectivity index is 2.63. The summed E-state index contributed by atoms with van der Waals surface area (Å²) in [6.07, 6.45) is -0.170. The molecule has 0 aliphatic heterocycles. The Morgan fingerprint density at radius 2 is 2.05 bits per heavy atom. The molecule has 1 aromatic carbocycles. The van der Waals surface area contributed by atoms with Gasteiger partial charge in [0.05, 0.1) is 29.0 Å². The van der Waals surface area contributed by atoms with Crippen molar-refractivity contribution in [1.29, 1.82) is 0 Å². The first-order valence-corrected chi connectivity index (χ1v) is 6.48. The third kappa shape index (κ3) is 5.06. The summed E-state index contributed by atoms with van der Waals surface area (Å²) >= 11 is 11.6. The van der Waals surface area contributed by atoms with E-state index >= 15 is 0 Å². The number of likely N-dealkylation sites (N-methyl/N-ethyl adjacent to an activating group) is 1. The van der Waals surface area contributed by atoms with Crippen molar-refractivity contribution in [2.45, 2.75) is 19.4 Å². The minimum atomic E-state index is -1.26. The summed E-state index contributed by atoms with van der Waals surface area (Å²) in [5, 5.41) is 15.6. The largest absolute Gasteiger partial charge is 0.544 e. The van der Waals surface area contributed by atoms with Gasteiger partial charge in [0.15, 0.2) is 0 Å². The fourth-order valence-electron chi connectivity index (χ4n) is 1.53. The highest BCUT2D eigenvalue weighted by molar-refractivity contribution is 6.42. The lowest BCUT2D eigenvalue weighted by atomic mass is 10.2. The summed E-state index contributed by atoms with van der Waals surface area (Å²) in [7, 11) is 0. The number of amides is 1. The van der Waals surface area contributed by atoms with E-state index in [2.05, 4.69) is 5.32 Å². The summed E-state index contributed by atoms with van der Waals surface area (Å²) in [6, 6.07) is 3.74. The van der Waals surface area contributed by atoms with Crippen molar-refractivity contribution in [1.82, 2.24) is 0 Å². The Morgan fingerprint density at radius 3 is 2.58 bits per heavy atom. The molecule has 19 heavy (non-hydrogen) atoms. The number of carbonyl (C=O) groups is 2. The Morgan fingerprint density at radius 1 is 1.37 bits per heavy atom. The molecule has 7 heteroatoms. The van der Waals surface area contributed by atoms with E-state index in [-0.39, 0.29) is 6.42 Å². The fourth-order valence-corrected chi connectivity index (χ4v) is 1.83. The molecule has 0 saturated carbocycles. The number of nitrogens with one attached hydrogen (secondary N) is 1. The van der Waals surface area contributed by atoms with Crippen LogP contribution in [0.2, 0.25) is 10.0 Å². The van der Waals surface area contributed by atoms with Gasteiger partial charge in [-0.15, -0.1) is 0 Å². The quantitative estimate of drug-likeness (QED) is 0.777. The van der Waals surface area contributed by atoms with Gasteiger partial charge in [-0.25, -0.2) is 0 Å². The zero-order valence-corrected chi connectivity index (χ0v) is 11.8. The summed E-state index contributed by atoms with van der Waals surface area (Å²) in [6.45, 7) is 2.35. The standard InChI is InChI=1S/C12H14Cl2N2O3/c1-2-15-10(12(18)19)6-11(17)16-7-3-4-8(13)9(14)5-7/h3-5,10,15H,2,6H2,1H3,(H,16,17)(H,18,19)/t10-/m0/s1. The second-order valence-electron chi connectivity index (χ2n) is 3.95. The molecule has 0 heterocycles. The number of carboxylic acids is 1. The highest BCUT2D eigenvalue weighted by Crippen LogP contribution is 2.24. The molecule has 0 saturated heterocycles. The maximum Gasteiger partial charge on any atom is 0.230 e. The van der Waals surface area contributed by atoms with Crippen molar-refractivity contribution >= 4 is 40.8 Å². The minimum Gasteiger partial charge on any atom is -0.544 e. The van der Waals surface area contributed by atoms with Crippen molar-refractivity contribution in [2.75, 3.05) is 11.9 Å². The Kier molecular flexibility index (Phi) is 6.08. The number of aliphatic carboxylic acids is 1. The lowest BCUT2D eigenvalue weighted by Gasteiger charge is -2.15. The van der Waals surface area contributed by atoms with E-state index in [1.54, 1.807) is 19.1 Å². The van der Waals surface area contributed by atoms with Gasteiger partial charge in [0, 0.05) is 5.69 Å². The minimum absolute atomic E-state index is 0.170. The van der Waals surface area contributed by atoms with Gasteiger partial charge in [0.2, 0.25) is 5.91 Å². The van der Waals surface area contributed by atoms with Crippen molar-refractivity contribution in [3.8, 4) is 0 Å². The van der Waals surface area contributed by atoms with Gasteiger partial charge in [-0.1, -0.05) is 23.2 Å². The SMILES string of the molecule is CC[NH2+][C@@H](CC(=O)Nc1ccc(Cl)c(Cl)c1)C(=O)[O-]. The molecule has 5 nitrogen and oxygen atoms in total. The van der Waals surface area contributed by atoms with Crippen molar-refractivity contribution in [3.05, 3.63) is 28.2 Å². The van der Waals surface area contributed by atoms with Crippen LogP contribution in [0, 0.1) is 0 Å². The van der Waals surface area contributed by atoms with Crippen LogP contribution < -0.4 is 15.7 Å². The topological polar surface area (TPSA) is 85.8 Å². The maximum absolute atomic E-state index is 11.7. The Labute approximate surface area is 120 Å². The molecule has 0 spiro atoms. The van der Waals surface area contributed by atoms with Crippen LogP contribution >= 0.6 is 23.2 Å². The highest BCUT2D eigenvalue weighted by Gasteiger charge is 2.17. The van der Waals surface area contributed by atoms with Gasteiger partial charge < -0.3 is 20.5 Å². The first-order valence-electron chi connectivity index (χ1n) is 5.73. The van der Waals surface area contributed by atoms with Crippen LogP contribution in [0.1, 0.15) is 13.3 Å². The number of quaternary nitrogens is 1. The van der Waals surface area contributed by atoms with Gasteiger partial charge in [0.25, 0.3) is 0 Å². The molecule has 0 radical (unpaired) electrons. The monoisotopic (exact) mass is 304 g/mol. The third-order valence-corrected chi connectivity index (χ3v) is 3.17. The molecule has 0 fully saturated rings. The molecule has 0 aliphatic rings. The van der Waals surface area contributed by atoms with Crippen LogP contribution in [-0.2, 0) is 9.59 Å². The molecule has 3 N–H and O–H groups in total. The van der Waals surface area contributed by atoms with E-state index in [4.69, 9.17) is 23.2 Å². The highest BCUT2D eigenvalue weighted by atomic mass is 35.5. The summed E-state index contributed by atoms with van der Waals surface area (Å²) in [5.41, 5.74) is 0.466. The van der Waals surface area contributed by atoms with Crippen LogP contribution in [0.4, 0.5) is 5.69 Å². The van der Waals surface area contributed by atoms with Gasteiger partial charge in [0.1, 0.15) is 6.04 Å². The molecule has 0 bridgehead atoms. The van der Waals surface area contributed by atoms with Gasteiger partial charge in [-0.3, -0.25) is 4.79 Å². The third-order valence-electron chi connectivity index (χ3n) is 2.43. The predicted molar refractivity (Wildman–Crippen MR) is 71.0 cm³/mol. The fraction of sp³-hybridized carbons (Fsp3) is 0.333. The van der Waals surface area contributed by atoms with Gasteiger partial charge in [-0.05, 0) is 25.1 Å². The summed E-state index contributed by atoms with van der Waals surface area (Å²) in [4.78, 5) is 22.5. The van der Waals surface area contributed by atoms with Crippen LogP contribution in [0.3, 0.4) is 0 Å². The predicted octanol–water partition coefficient (Wildman–Crippen LogP) is 0.0238. The lowest BCUT2D eigenvalue weighted by molar-refractivity contribution is -0.679. The molecule has 0 unspecified atom stereocenters.